The minimum Gasteiger partial charge on any atom is -0.355 e. The molecule has 0 atom stereocenters. The molecule has 1 fully saturated rings. The van der Waals surface area contributed by atoms with E-state index in [2.05, 4.69) is 5.32 Å². The molecule has 2 rings (SSSR count). The van der Waals surface area contributed by atoms with Gasteiger partial charge in [-0.15, -0.1) is 0 Å². The van der Waals surface area contributed by atoms with E-state index in [9.17, 15) is 17.6 Å². The van der Waals surface area contributed by atoms with E-state index in [1.165, 1.54) is 16.4 Å². The molecule has 0 radical (unpaired) electrons. The van der Waals surface area contributed by atoms with Crippen molar-refractivity contribution < 1.29 is 17.6 Å². The van der Waals surface area contributed by atoms with Crippen molar-refractivity contribution in [1.82, 2.24) is 9.62 Å². The number of benzene rings is 1. The Morgan fingerprint density at radius 1 is 1.35 bits per heavy atom. The molecular formula is C13H17FN2O3S. The quantitative estimate of drug-likeness (QED) is 0.854. The van der Waals surface area contributed by atoms with Gasteiger partial charge in [0.25, 0.3) is 0 Å². The number of sulfonamides is 1. The molecule has 0 saturated carbocycles. The number of amides is 1. The smallest absolute Gasteiger partial charge is 0.225 e. The molecule has 20 heavy (non-hydrogen) atoms. The molecule has 5 nitrogen and oxygen atoms in total. The summed E-state index contributed by atoms with van der Waals surface area (Å²) in [5.74, 6) is -0.682. The standard InChI is InChI=1S/C13H17FN2O3S/c1-20(18,19)16-8-11(9-16)13(17)15-7-6-10-2-4-12(14)5-3-10/h2-5,11H,6-9H2,1H3,(H,15,17). The van der Waals surface area contributed by atoms with E-state index in [1.807, 2.05) is 0 Å². The predicted octanol–water partition coefficient (Wildman–Crippen LogP) is 0.376. The monoisotopic (exact) mass is 300 g/mol. The fourth-order valence-electron chi connectivity index (χ4n) is 2.00. The highest BCUT2D eigenvalue weighted by molar-refractivity contribution is 7.88. The summed E-state index contributed by atoms with van der Waals surface area (Å²) in [5, 5.41) is 2.77. The van der Waals surface area contributed by atoms with E-state index in [0.29, 0.717) is 13.0 Å². The van der Waals surface area contributed by atoms with E-state index >= 15 is 0 Å². The van der Waals surface area contributed by atoms with Crippen LogP contribution in [0.4, 0.5) is 4.39 Å². The third kappa shape index (κ3) is 3.77. The van der Waals surface area contributed by atoms with Crippen molar-refractivity contribution in [3.05, 3.63) is 35.6 Å². The second-order valence-electron chi connectivity index (χ2n) is 4.94. The van der Waals surface area contributed by atoms with Gasteiger partial charge in [-0.1, -0.05) is 12.1 Å². The first-order valence-corrected chi connectivity index (χ1v) is 8.18. The second kappa shape index (κ2) is 5.88. The van der Waals surface area contributed by atoms with E-state index < -0.39 is 10.0 Å². The Bertz CT molecular complexity index is 580. The normalized spacial score (nSPS) is 16.7. The van der Waals surface area contributed by atoms with Crippen LogP contribution >= 0.6 is 0 Å². The summed E-state index contributed by atoms with van der Waals surface area (Å²) < 4.78 is 36.3. The fraction of sp³-hybridized carbons (Fsp3) is 0.462. The third-order valence-electron chi connectivity index (χ3n) is 3.31. The first-order valence-electron chi connectivity index (χ1n) is 6.33. The maximum Gasteiger partial charge on any atom is 0.225 e. The molecular weight excluding hydrogens is 283 g/mol. The lowest BCUT2D eigenvalue weighted by molar-refractivity contribution is -0.128. The van der Waals surface area contributed by atoms with Crippen molar-refractivity contribution in [2.75, 3.05) is 25.9 Å². The summed E-state index contributed by atoms with van der Waals surface area (Å²) >= 11 is 0. The van der Waals surface area contributed by atoms with Crippen molar-refractivity contribution in [1.29, 1.82) is 0 Å². The van der Waals surface area contributed by atoms with Gasteiger partial charge in [0, 0.05) is 19.6 Å². The van der Waals surface area contributed by atoms with Crippen molar-refractivity contribution in [2.24, 2.45) is 5.92 Å². The van der Waals surface area contributed by atoms with Gasteiger partial charge < -0.3 is 5.32 Å². The lowest BCUT2D eigenvalue weighted by Gasteiger charge is -2.35. The van der Waals surface area contributed by atoms with Crippen LogP contribution < -0.4 is 5.32 Å². The molecule has 0 aliphatic carbocycles. The highest BCUT2D eigenvalue weighted by atomic mass is 32.2. The summed E-state index contributed by atoms with van der Waals surface area (Å²) in [7, 11) is -3.18. The van der Waals surface area contributed by atoms with Crippen LogP contribution in [-0.2, 0) is 21.2 Å². The molecule has 1 aliphatic rings. The first kappa shape index (κ1) is 14.9. The van der Waals surface area contributed by atoms with Crippen LogP contribution in [0.3, 0.4) is 0 Å². The van der Waals surface area contributed by atoms with Gasteiger partial charge in [0.2, 0.25) is 15.9 Å². The van der Waals surface area contributed by atoms with Gasteiger partial charge in [-0.2, -0.15) is 0 Å². The summed E-state index contributed by atoms with van der Waals surface area (Å²) in [5.41, 5.74) is 0.943. The number of carbonyl (C=O) groups is 1. The minimum absolute atomic E-state index is 0.132. The summed E-state index contributed by atoms with van der Waals surface area (Å²) in [4.78, 5) is 11.7. The summed E-state index contributed by atoms with van der Waals surface area (Å²) in [6.45, 7) is 0.961. The Morgan fingerprint density at radius 2 is 1.95 bits per heavy atom. The van der Waals surface area contributed by atoms with Gasteiger partial charge in [0.15, 0.2) is 0 Å². The molecule has 1 saturated heterocycles. The van der Waals surface area contributed by atoms with Crippen LogP contribution in [-0.4, -0.2) is 44.5 Å². The van der Waals surface area contributed by atoms with E-state index in [-0.39, 0.29) is 30.7 Å². The number of nitrogens with one attached hydrogen (secondary N) is 1. The minimum atomic E-state index is -3.18. The highest BCUT2D eigenvalue weighted by Crippen LogP contribution is 2.18. The number of hydrogen-bond donors (Lipinski definition) is 1. The molecule has 0 unspecified atom stereocenters. The van der Waals surface area contributed by atoms with Crippen molar-refractivity contribution in [3.8, 4) is 0 Å². The number of rotatable bonds is 5. The Morgan fingerprint density at radius 3 is 2.50 bits per heavy atom. The molecule has 1 amide bonds. The number of carbonyl (C=O) groups excluding carboxylic acids is 1. The van der Waals surface area contributed by atoms with Crippen LogP contribution in [0.2, 0.25) is 0 Å². The first-order chi connectivity index (χ1) is 9.36. The molecule has 1 aromatic rings. The van der Waals surface area contributed by atoms with Crippen LogP contribution in [0.5, 0.6) is 0 Å². The van der Waals surface area contributed by atoms with Crippen LogP contribution in [0.15, 0.2) is 24.3 Å². The lowest BCUT2D eigenvalue weighted by atomic mass is 10.0. The molecule has 0 bridgehead atoms. The number of halogens is 1. The molecule has 110 valence electrons. The van der Waals surface area contributed by atoms with Gasteiger partial charge in [-0.3, -0.25) is 4.79 Å². The topological polar surface area (TPSA) is 66.5 Å². The summed E-state index contributed by atoms with van der Waals surface area (Å²) in [6.07, 6.45) is 1.75. The molecule has 0 aromatic heterocycles. The average molecular weight is 300 g/mol. The van der Waals surface area contributed by atoms with Crippen molar-refractivity contribution in [3.63, 3.8) is 0 Å². The van der Waals surface area contributed by atoms with E-state index in [4.69, 9.17) is 0 Å². The largest absolute Gasteiger partial charge is 0.355 e. The Kier molecular flexibility index (Phi) is 4.39. The molecule has 1 aliphatic heterocycles. The number of hydrogen-bond acceptors (Lipinski definition) is 3. The maximum atomic E-state index is 12.7. The zero-order valence-corrected chi connectivity index (χ0v) is 12.0. The van der Waals surface area contributed by atoms with Gasteiger partial charge >= 0.3 is 0 Å². The molecule has 1 N–H and O–H groups in total. The molecule has 1 aromatic carbocycles. The zero-order valence-electron chi connectivity index (χ0n) is 11.2. The van der Waals surface area contributed by atoms with Crippen LogP contribution in [0, 0.1) is 11.7 Å². The Labute approximate surface area is 117 Å². The van der Waals surface area contributed by atoms with Gasteiger partial charge in [0.05, 0.1) is 12.2 Å². The van der Waals surface area contributed by atoms with Gasteiger partial charge in [-0.25, -0.2) is 17.1 Å². The molecule has 7 heteroatoms. The van der Waals surface area contributed by atoms with Crippen LogP contribution in [0.1, 0.15) is 5.56 Å². The van der Waals surface area contributed by atoms with E-state index in [1.54, 1.807) is 12.1 Å². The lowest BCUT2D eigenvalue weighted by Crippen LogP contribution is -2.55. The highest BCUT2D eigenvalue weighted by Gasteiger charge is 2.37. The maximum absolute atomic E-state index is 12.7. The van der Waals surface area contributed by atoms with Crippen molar-refractivity contribution >= 4 is 15.9 Å². The number of nitrogens with zero attached hydrogens (tertiary/aromatic N) is 1. The van der Waals surface area contributed by atoms with Crippen molar-refractivity contribution in [2.45, 2.75) is 6.42 Å². The Hall–Kier alpha value is -1.47. The fourth-order valence-corrected chi connectivity index (χ4v) is 2.90. The molecule has 1 heterocycles. The predicted molar refractivity (Wildman–Crippen MR) is 73.0 cm³/mol. The average Bonchev–Trinajstić information content (AvgIpc) is 2.28. The second-order valence-corrected chi connectivity index (χ2v) is 6.93. The van der Waals surface area contributed by atoms with Gasteiger partial charge in [-0.05, 0) is 24.1 Å². The molecule has 0 spiro atoms. The SMILES string of the molecule is CS(=O)(=O)N1CC(C(=O)NCCc2ccc(F)cc2)C1. The zero-order chi connectivity index (χ0) is 14.8. The third-order valence-corrected chi connectivity index (χ3v) is 4.55. The van der Waals surface area contributed by atoms with Crippen LogP contribution in [0.25, 0.3) is 0 Å². The summed E-state index contributed by atoms with van der Waals surface area (Å²) in [6, 6.07) is 6.12. The van der Waals surface area contributed by atoms with Gasteiger partial charge in [0.1, 0.15) is 5.82 Å². The Balaban J connectivity index is 1.70. The van der Waals surface area contributed by atoms with E-state index in [0.717, 1.165) is 11.8 Å².